The van der Waals surface area contributed by atoms with E-state index in [0.29, 0.717) is 6.10 Å². The zero-order valence-electron chi connectivity index (χ0n) is 14.5. The van der Waals surface area contributed by atoms with Crippen molar-refractivity contribution in [1.82, 2.24) is 20.0 Å². The van der Waals surface area contributed by atoms with Crippen molar-refractivity contribution in [2.24, 2.45) is 12.0 Å². The molecule has 0 saturated carbocycles. The molecular weight excluding hydrogens is 294 g/mol. The number of nitrogens with zero attached hydrogens (tertiary/aromatic N) is 4. The lowest BCUT2D eigenvalue weighted by Gasteiger charge is -2.23. The molecule has 2 heterocycles. The van der Waals surface area contributed by atoms with Gasteiger partial charge in [0.1, 0.15) is 0 Å². The zero-order valence-corrected chi connectivity index (χ0v) is 14.5. The molecule has 1 aromatic rings. The van der Waals surface area contributed by atoms with Crippen LogP contribution in [0, 0.1) is 0 Å². The van der Waals surface area contributed by atoms with Gasteiger partial charge < -0.3 is 19.7 Å². The summed E-state index contributed by atoms with van der Waals surface area (Å²) in [5.41, 5.74) is 1.17. The third-order valence-electron chi connectivity index (χ3n) is 3.88. The molecule has 0 atom stereocenters. The van der Waals surface area contributed by atoms with Crippen molar-refractivity contribution in [3.8, 4) is 0 Å². The van der Waals surface area contributed by atoms with Gasteiger partial charge in [-0.25, -0.2) is 0 Å². The molecule has 0 radical (unpaired) electrons. The second-order valence-corrected chi connectivity index (χ2v) is 5.89. The molecule has 1 N–H and O–H groups in total. The van der Waals surface area contributed by atoms with Crippen molar-refractivity contribution in [3.05, 3.63) is 18.0 Å². The van der Waals surface area contributed by atoms with Crippen molar-refractivity contribution in [1.29, 1.82) is 0 Å². The highest BCUT2D eigenvalue weighted by molar-refractivity contribution is 5.79. The van der Waals surface area contributed by atoms with E-state index in [9.17, 15) is 0 Å². The number of aromatic nitrogens is 2. The molecule has 2 rings (SSSR count). The Bertz CT molecular complexity index is 483. The number of hydrogen-bond acceptors (Lipinski definition) is 4. The quantitative estimate of drug-likeness (QED) is 0.461. The van der Waals surface area contributed by atoms with Gasteiger partial charge in [-0.15, -0.1) is 0 Å². The number of aliphatic imine (C=N–C) groups is 1. The standard InChI is InChI=1S/C16H29N5O2/c1-17-16(20(2)12-14-11-19-21(3)13-14)18-7-4-8-23-15-5-9-22-10-6-15/h11,13,15H,4-10,12H2,1-3H3,(H,17,18). The number of guanidine groups is 1. The smallest absolute Gasteiger partial charge is 0.193 e. The van der Waals surface area contributed by atoms with Gasteiger partial charge in [0.05, 0.1) is 12.3 Å². The molecule has 1 saturated heterocycles. The fourth-order valence-electron chi connectivity index (χ4n) is 2.65. The number of aryl methyl sites for hydroxylation is 1. The van der Waals surface area contributed by atoms with Crippen LogP contribution >= 0.6 is 0 Å². The molecule has 0 aliphatic carbocycles. The Morgan fingerprint density at radius 1 is 1.52 bits per heavy atom. The predicted octanol–water partition coefficient (Wildman–Crippen LogP) is 1.01. The Hall–Kier alpha value is -1.60. The van der Waals surface area contributed by atoms with Gasteiger partial charge in [-0.05, 0) is 19.3 Å². The van der Waals surface area contributed by atoms with Crippen molar-refractivity contribution in [2.45, 2.75) is 31.9 Å². The van der Waals surface area contributed by atoms with Crippen molar-refractivity contribution in [3.63, 3.8) is 0 Å². The predicted molar refractivity (Wildman–Crippen MR) is 90.4 cm³/mol. The first kappa shape index (κ1) is 17.7. The van der Waals surface area contributed by atoms with E-state index in [0.717, 1.165) is 58.1 Å². The maximum Gasteiger partial charge on any atom is 0.193 e. The van der Waals surface area contributed by atoms with Crippen LogP contribution in [0.5, 0.6) is 0 Å². The van der Waals surface area contributed by atoms with E-state index in [-0.39, 0.29) is 0 Å². The SMILES string of the molecule is CN=C(NCCCOC1CCOCC1)N(C)Cc1cnn(C)c1. The zero-order chi connectivity index (χ0) is 16.5. The third kappa shape index (κ3) is 6.19. The molecule has 0 bridgehead atoms. The van der Waals surface area contributed by atoms with Gasteiger partial charge in [-0.1, -0.05) is 0 Å². The van der Waals surface area contributed by atoms with Crippen LogP contribution in [0.25, 0.3) is 0 Å². The first-order valence-corrected chi connectivity index (χ1v) is 8.27. The maximum atomic E-state index is 5.87. The largest absolute Gasteiger partial charge is 0.381 e. The lowest BCUT2D eigenvalue weighted by Crippen LogP contribution is -2.39. The number of nitrogens with one attached hydrogen (secondary N) is 1. The normalized spacial score (nSPS) is 16.6. The molecule has 1 aliphatic heterocycles. The van der Waals surface area contributed by atoms with E-state index in [1.54, 1.807) is 7.05 Å². The average molecular weight is 323 g/mol. The monoisotopic (exact) mass is 323 g/mol. The van der Waals surface area contributed by atoms with Crippen molar-refractivity contribution >= 4 is 5.96 Å². The van der Waals surface area contributed by atoms with E-state index in [1.807, 2.05) is 31.2 Å². The molecule has 1 aliphatic rings. The minimum atomic E-state index is 0.372. The molecule has 0 unspecified atom stereocenters. The maximum absolute atomic E-state index is 5.87. The topological polar surface area (TPSA) is 63.9 Å². The lowest BCUT2D eigenvalue weighted by molar-refractivity contribution is -0.0320. The van der Waals surface area contributed by atoms with Crippen LogP contribution in [0.2, 0.25) is 0 Å². The van der Waals surface area contributed by atoms with Crippen molar-refractivity contribution < 1.29 is 9.47 Å². The molecule has 1 fully saturated rings. The summed E-state index contributed by atoms with van der Waals surface area (Å²) < 4.78 is 13.0. The summed E-state index contributed by atoms with van der Waals surface area (Å²) >= 11 is 0. The molecule has 7 heteroatoms. The number of rotatable bonds is 7. The number of ether oxygens (including phenoxy) is 2. The van der Waals surface area contributed by atoms with Crippen LogP contribution in [0.4, 0.5) is 0 Å². The van der Waals surface area contributed by atoms with Gasteiger partial charge in [0.25, 0.3) is 0 Å². The molecule has 1 aromatic heterocycles. The van der Waals surface area contributed by atoms with Crippen LogP contribution in [-0.2, 0) is 23.1 Å². The highest BCUT2D eigenvalue weighted by Crippen LogP contribution is 2.10. The summed E-state index contributed by atoms with van der Waals surface area (Å²) in [5, 5.41) is 7.57. The highest BCUT2D eigenvalue weighted by Gasteiger charge is 2.13. The van der Waals surface area contributed by atoms with Crippen molar-refractivity contribution in [2.75, 3.05) is 40.5 Å². The van der Waals surface area contributed by atoms with Gasteiger partial charge >= 0.3 is 0 Å². The summed E-state index contributed by atoms with van der Waals surface area (Å²) in [7, 11) is 5.76. The fourth-order valence-corrected chi connectivity index (χ4v) is 2.65. The van der Waals surface area contributed by atoms with E-state index in [1.165, 1.54) is 5.56 Å². The Balaban J connectivity index is 1.62. The van der Waals surface area contributed by atoms with Crippen LogP contribution < -0.4 is 5.32 Å². The van der Waals surface area contributed by atoms with Gasteiger partial charge in [-0.2, -0.15) is 5.10 Å². The summed E-state index contributed by atoms with van der Waals surface area (Å²) in [5.74, 6) is 0.889. The molecule has 130 valence electrons. The van der Waals surface area contributed by atoms with E-state index in [2.05, 4.69) is 20.3 Å². The first-order valence-electron chi connectivity index (χ1n) is 8.27. The summed E-state index contributed by atoms with van der Waals surface area (Å²) in [4.78, 5) is 6.42. The summed E-state index contributed by atoms with van der Waals surface area (Å²) in [6.45, 7) is 4.07. The highest BCUT2D eigenvalue weighted by atomic mass is 16.5. The molecule has 0 aromatic carbocycles. The van der Waals surface area contributed by atoms with Gasteiger partial charge in [0, 0.05) is 65.8 Å². The number of hydrogen-bond donors (Lipinski definition) is 1. The average Bonchev–Trinajstić information content (AvgIpc) is 2.96. The van der Waals surface area contributed by atoms with Gasteiger partial charge in [0.15, 0.2) is 5.96 Å². The Kier molecular flexibility index (Phi) is 7.35. The summed E-state index contributed by atoms with van der Waals surface area (Å²) in [6.07, 6.45) is 7.27. The van der Waals surface area contributed by atoms with Gasteiger partial charge in [-0.3, -0.25) is 9.67 Å². The molecular formula is C16H29N5O2. The van der Waals surface area contributed by atoms with Gasteiger partial charge in [0.2, 0.25) is 0 Å². The van der Waals surface area contributed by atoms with E-state index < -0.39 is 0 Å². The molecule has 0 spiro atoms. The molecule has 7 nitrogen and oxygen atoms in total. The van der Waals surface area contributed by atoms with Crippen LogP contribution in [-0.4, -0.2) is 67.2 Å². The second-order valence-electron chi connectivity index (χ2n) is 5.89. The van der Waals surface area contributed by atoms with E-state index >= 15 is 0 Å². The van der Waals surface area contributed by atoms with Crippen LogP contribution in [0.15, 0.2) is 17.4 Å². The molecule has 23 heavy (non-hydrogen) atoms. The second kappa shape index (κ2) is 9.52. The Morgan fingerprint density at radius 3 is 2.96 bits per heavy atom. The fraction of sp³-hybridized carbons (Fsp3) is 0.750. The third-order valence-corrected chi connectivity index (χ3v) is 3.88. The van der Waals surface area contributed by atoms with E-state index in [4.69, 9.17) is 9.47 Å². The Labute approximate surface area is 138 Å². The minimum absolute atomic E-state index is 0.372. The Morgan fingerprint density at radius 2 is 2.30 bits per heavy atom. The van der Waals surface area contributed by atoms with Crippen LogP contribution in [0.1, 0.15) is 24.8 Å². The lowest BCUT2D eigenvalue weighted by atomic mass is 10.1. The molecule has 0 amide bonds. The van der Waals surface area contributed by atoms with Crippen LogP contribution in [0.3, 0.4) is 0 Å². The summed E-state index contributed by atoms with van der Waals surface area (Å²) in [6, 6.07) is 0. The first-order chi connectivity index (χ1) is 11.2. The minimum Gasteiger partial charge on any atom is -0.381 e.